The molecule has 0 saturated heterocycles. The van der Waals surface area contributed by atoms with Crippen LogP contribution in [0.15, 0.2) is 66.7 Å². The summed E-state index contributed by atoms with van der Waals surface area (Å²) in [5.74, 6) is 1.71. The number of amides is 1. The van der Waals surface area contributed by atoms with Crippen molar-refractivity contribution in [2.24, 2.45) is 0 Å². The van der Waals surface area contributed by atoms with Crippen LogP contribution >= 0.6 is 11.6 Å². The number of anilines is 1. The van der Waals surface area contributed by atoms with Crippen LogP contribution < -0.4 is 14.8 Å². The predicted molar refractivity (Wildman–Crippen MR) is 108 cm³/mol. The molecule has 3 aromatic carbocycles. The third kappa shape index (κ3) is 4.80. The Morgan fingerprint density at radius 1 is 1.00 bits per heavy atom. The van der Waals surface area contributed by atoms with E-state index in [0.717, 1.165) is 11.3 Å². The zero-order chi connectivity index (χ0) is 19.2. The van der Waals surface area contributed by atoms with Gasteiger partial charge in [-0.2, -0.15) is 0 Å². The van der Waals surface area contributed by atoms with Crippen molar-refractivity contribution in [3.63, 3.8) is 0 Å². The summed E-state index contributed by atoms with van der Waals surface area (Å²) < 4.78 is 11.4. The van der Waals surface area contributed by atoms with Gasteiger partial charge in [0.05, 0.1) is 12.3 Å². The van der Waals surface area contributed by atoms with Gasteiger partial charge in [-0.1, -0.05) is 29.8 Å². The number of nitrogens with one attached hydrogen (secondary N) is 1. The maximum atomic E-state index is 12.7. The number of aryl methyl sites for hydroxylation is 1. The van der Waals surface area contributed by atoms with Crippen molar-refractivity contribution in [3.05, 3.63) is 82.9 Å². The molecule has 0 spiro atoms. The lowest BCUT2D eigenvalue weighted by atomic mass is 10.1. The molecule has 138 valence electrons. The Hall–Kier alpha value is -2.98. The fourth-order valence-electron chi connectivity index (χ4n) is 2.61. The van der Waals surface area contributed by atoms with Gasteiger partial charge in [0, 0.05) is 10.6 Å². The molecule has 3 aromatic rings. The van der Waals surface area contributed by atoms with Crippen molar-refractivity contribution in [1.29, 1.82) is 0 Å². The Morgan fingerprint density at radius 2 is 1.74 bits per heavy atom. The quantitative estimate of drug-likeness (QED) is 0.561. The monoisotopic (exact) mass is 381 g/mol. The van der Waals surface area contributed by atoms with E-state index in [9.17, 15) is 4.79 Å². The second-order valence-corrected chi connectivity index (χ2v) is 6.36. The van der Waals surface area contributed by atoms with Crippen LogP contribution in [-0.4, -0.2) is 12.5 Å². The van der Waals surface area contributed by atoms with E-state index in [1.807, 2.05) is 44.2 Å². The van der Waals surface area contributed by atoms with Gasteiger partial charge in [0.15, 0.2) is 5.75 Å². The lowest BCUT2D eigenvalue weighted by Crippen LogP contribution is -2.13. The second-order valence-electron chi connectivity index (χ2n) is 5.92. The molecular formula is C22H20ClNO3. The summed E-state index contributed by atoms with van der Waals surface area (Å²) in [4.78, 5) is 12.7. The van der Waals surface area contributed by atoms with E-state index in [-0.39, 0.29) is 5.91 Å². The summed E-state index contributed by atoms with van der Waals surface area (Å²) in [6.07, 6.45) is 0. The number of hydrogen-bond donors (Lipinski definition) is 1. The first-order valence-electron chi connectivity index (χ1n) is 8.64. The molecule has 0 aliphatic carbocycles. The van der Waals surface area contributed by atoms with Gasteiger partial charge in [-0.3, -0.25) is 4.79 Å². The van der Waals surface area contributed by atoms with Gasteiger partial charge in [-0.05, 0) is 67.9 Å². The number of benzene rings is 3. The summed E-state index contributed by atoms with van der Waals surface area (Å²) in [6.45, 7) is 4.41. The van der Waals surface area contributed by atoms with E-state index >= 15 is 0 Å². The Morgan fingerprint density at radius 3 is 2.44 bits per heavy atom. The number of halogens is 1. The van der Waals surface area contributed by atoms with E-state index in [2.05, 4.69) is 5.32 Å². The van der Waals surface area contributed by atoms with E-state index in [1.165, 1.54) is 0 Å². The normalized spacial score (nSPS) is 10.3. The number of ether oxygens (including phenoxy) is 2. The lowest BCUT2D eigenvalue weighted by Gasteiger charge is -2.14. The summed E-state index contributed by atoms with van der Waals surface area (Å²) in [5, 5.41) is 3.39. The van der Waals surface area contributed by atoms with Gasteiger partial charge < -0.3 is 14.8 Å². The molecule has 0 aliphatic heterocycles. The van der Waals surface area contributed by atoms with Crippen molar-refractivity contribution in [3.8, 4) is 17.2 Å². The predicted octanol–water partition coefficient (Wildman–Crippen LogP) is 6.09. The first-order chi connectivity index (χ1) is 13.1. The van der Waals surface area contributed by atoms with E-state index in [1.54, 1.807) is 36.4 Å². The van der Waals surface area contributed by atoms with Crippen LogP contribution in [0.1, 0.15) is 22.8 Å². The fraction of sp³-hybridized carbons (Fsp3) is 0.136. The average molecular weight is 382 g/mol. The first kappa shape index (κ1) is 18.8. The second kappa shape index (κ2) is 8.60. The molecule has 0 fully saturated rings. The molecular weight excluding hydrogens is 362 g/mol. The zero-order valence-corrected chi connectivity index (χ0v) is 15.9. The summed E-state index contributed by atoms with van der Waals surface area (Å²) in [7, 11) is 0. The summed E-state index contributed by atoms with van der Waals surface area (Å²) in [6, 6.07) is 19.8. The molecule has 0 aromatic heterocycles. The van der Waals surface area contributed by atoms with Gasteiger partial charge in [0.2, 0.25) is 0 Å². The minimum absolute atomic E-state index is 0.249. The molecule has 3 rings (SSSR count). The number of carbonyl (C=O) groups excluding carboxylic acids is 1. The van der Waals surface area contributed by atoms with Crippen LogP contribution in [0.2, 0.25) is 5.02 Å². The summed E-state index contributed by atoms with van der Waals surface area (Å²) >= 11 is 6.11. The number of carbonyl (C=O) groups is 1. The van der Waals surface area contributed by atoms with Gasteiger partial charge >= 0.3 is 0 Å². The third-order valence-corrected chi connectivity index (χ3v) is 4.13. The molecule has 1 amide bonds. The Balaban J connectivity index is 1.83. The van der Waals surface area contributed by atoms with Gasteiger partial charge in [0.1, 0.15) is 11.5 Å². The molecule has 0 aliphatic rings. The highest BCUT2D eigenvalue weighted by molar-refractivity contribution is 6.31. The smallest absolute Gasteiger partial charge is 0.255 e. The number of para-hydroxylation sites is 1. The SMILES string of the molecule is CCOc1ccc(C(=O)Nc2cc(Cl)ccc2Oc2ccccc2)cc1C. The van der Waals surface area contributed by atoms with Crippen LogP contribution in [0, 0.1) is 6.92 Å². The highest BCUT2D eigenvalue weighted by atomic mass is 35.5. The van der Waals surface area contributed by atoms with E-state index in [0.29, 0.717) is 34.4 Å². The van der Waals surface area contributed by atoms with Crippen LogP contribution in [0.25, 0.3) is 0 Å². The molecule has 4 nitrogen and oxygen atoms in total. The first-order valence-corrected chi connectivity index (χ1v) is 9.02. The van der Waals surface area contributed by atoms with Crippen molar-refractivity contribution >= 4 is 23.2 Å². The van der Waals surface area contributed by atoms with E-state index < -0.39 is 0 Å². The van der Waals surface area contributed by atoms with Crippen molar-refractivity contribution < 1.29 is 14.3 Å². The topological polar surface area (TPSA) is 47.6 Å². The molecule has 0 radical (unpaired) electrons. The molecule has 27 heavy (non-hydrogen) atoms. The van der Waals surface area contributed by atoms with Crippen molar-refractivity contribution in [2.45, 2.75) is 13.8 Å². The molecule has 1 N–H and O–H groups in total. The Kier molecular flexibility index (Phi) is 5.99. The van der Waals surface area contributed by atoms with Crippen LogP contribution in [-0.2, 0) is 0 Å². The van der Waals surface area contributed by atoms with Crippen LogP contribution in [0.4, 0.5) is 5.69 Å². The molecule has 0 saturated carbocycles. The van der Waals surface area contributed by atoms with Crippen LogP contribution in [0.3, 0.4) is 0 Å². The standard InChI is InChI=1S/C22H20ClNO3/c1-3-26-20-11-9-16(13-15(20)2)22(25)24-19-14-17(23)10-12-21(19)27-18-7-5-4-6-8-18/h4-14H,3H2,1-2H3,(H,24,25). The maximum Gasteiger partial charge on any atom is 0.255 e. The van der Waals surface area contributed by atoms with Gasteiger partial charge in [-0.15, -0.1) is 0 Å². The van der Waals surface area contributed by atoms with Crippen LogP contribution in [0.5, 0.6) is 17.2 Å². The minimum atomic E-state index is -0.249. The molecule has 0 atom stereocenters. The molecule has 0 heterocycles. The molecule has 0 unspecified atom stereocenters. The highest BCUT2D eigenvalue weighted by Gasteiger charge is 2.13. The minimum Gasteiger partial charge on any atom is -0.494 e. The highest BCUT2D eigenvalue weighted by Crippen LogP contribution is 2.32. The van der Waals surface area contributed by atoms with Crippen molar-refractivity contribution in [1.82, 2.24) is 0 Å². The van der Waals surface area contributed by atoms with E-state index in [4.69, 9.17) is 21.1 Å². The Bertz CT molecular complexity index is 942. The summed E-state index contributed by atoms with van der Waals surface area (Å²) in [5.41, 5.74) is 1.93. The Labute approximate surface area is 163 Å². The average Bonchev–Trinajstić information content (AvgIpc) is 2.66. The lowest BCUT2D eigenvalue weighted by molar-refractivity contribution is 0.102. The van der Waals surface area contributed by atoms with Gasteiger partial charge in [-0.25, -0.2) is 0 Å². The third-order valence-electron chi connectivity index (χ3n) is 3.90. The zero-order valence-electron chi connectivity index (χ0n) is 15.2. The maximum absolute atomic E-state index is 12.7. The fourth-order valence-corrected chi connectivity index (χ4v) is 2.78. The number of rotatable bonds is 6. The molecule has 5 heteroatoms. The van der Waals surface area contributed by atoms with Crippen molar-refractivity contribution in [2.75, 3.05) is 11.9 Å². The molecule has 0 bridgehead atoms. The number of hydrogen-bond acceptors (Lipinski definition) is 3. The van der Waals surface area contributed by atoms with Gasteiger partial charge in [0.25, 0.3) is 5.91 Å². The largest absolute Gasteiger partial charge is 0.494 e.